The molecule has 0 saturated heterocycles. The standard InChI is InChI=1S/C21H14N2O4/c1-13-9-10-16(12-19(13)23(25)26)20-22-18(21(24)27-20)11-15-7-4-6-14-5-2-3-8-17(14)15/h2-12H,1H3/b18-11-. The maximum Gasteiger partial charge on any atom is 0.363 e. The van der Waals surface area contributed by atoms with E-state index in [1.54, 1.807) is 25.1 Å². The van der Waals surface area contributed by atoms with Gasteiger partial charge in [-0.1, -0.05) is 48.5 Å². The number of ether oxygens (including phenoxy) is 1. The van der Waals surface area contributed by atoms with Crippen LogP contribution in [0.15, 0.2) is 71.4 Å². The van der Waals surface area contributed by atoms with E-state index in [4.69, 9.17) is 4.74 Å². The van der Waals surface area contributed by atoms with Crippen LogP contribution in [0.3, 0.4) is 0 Å². The van der Waals surface area contributed by atoms with Gasteiger partial charge < -0.3 is 4.74 Å². The second kappa shape index (κ2) is 6.49. The van der Waals surface area contributed by atoms with Crippen LogP contribution < -0.4 is 0 Å². The molecule has 1 aliphatic rings. The fraction of sp³-hybridized carbons (Fsp3) is 0.0476. The summed E-state index contributed by atoms with van der Waals surface area (Å²) in [4.78, 5) is 27.2. The van der Waals surface area contributed by atoms with Gasteiger partial charge in [0.2, 0.25) is 5.90 Å². The number of carbonyl (C=O) groups is 1. The van der Waals surface area contributed by atoms with Crippen molar-refractivity contribution in [1.82, 2.24) is 0 Å². The lowest BCUT2D eigenvalue weighted by molar-refractivity contribution is -0.385. The largest absolute Gasteiger partial charge is 0.402 e. The fourth-order valence-electron chi connectivity index (χ4n) is 3.00. The van der Waals surface area contributed by atoms with Crippen LogP contribution >= 0.6 is 0 Å². The molecule has 0 amide bonds. The molecule has 6 heteroatoms. The number of rotatable bonds is 3. The van der Waals surface area contributed by atoms with E-state index >= 15 is 0 Å². The minimum absolute atomic E-state index is 0.0438. The van der Waals surface area contributed by atoms with Gasteiger partial charge in [0.05, 0.1) is 4.92 Å². The second-order valence-corrected chi connectivity index (χ2v) is 6.16. The number of nitrogens with zero attached hydrogens (tertiary/aromatic N) is 2. The first kappa shape index (κ1) is 16.7. The molecule has 0 N–H and O–H groups in total. The van der Waals surface area contributed by atoms with E-state index in [1.807, 2.05) is 42.5 Å². The number of benzene rings is 3. The van der Waals surface area contributed by atoms with Crippen molar-refractivity contribution in [3.8, 4) is 0 Å². The molecule has 0 atom stereocenters. The van der Waals surface area contributed by atoms with Crippen LogP contribution in [0.4, 0.5) is 5.69 Å². The molecule has 132 valence electrons. The van der Waals surface area contributed by atoms with Crippen molar-refractivity contribution in [1.29, 1.82) is 0 Å². The van der Waals surface area contributed by atoms with E-state index in [9.17, 15) is 14.9 Å². The van der Waals surface area contributed by atoms with Gasteiger partial charge in [-0.05, 0) is 35.4 Å². The van der Waals surface area contributed by atoms with Crippen molar-refractivity contribution in [3.05, 3.63) is 93.2 Å². The number of esters is 1. The van der Waals surface area contributed by atoms with E-state index in [-0.39, 0.29) is 17.3 Å². The zero-order chi connectivity index (χ0) is 19.0. The summed E-state index contributed by atoms with van der Waals surface area (Å²) in [5.41, 5.74) is 1.88. The lowest BCUT2D eigenvalue weighted by Crippen LogP contribution is -2.06. The van der Waals surface area contributed by atoms with E-state index in [1.165, 1.54) is 6.07 Å². The van der Waals surface area contributed by atoms with Crippen LogP contribution in [0.1, 0.15) is 16.7 Å². The Balaban J connectivity index is 1.76. The first-order valence-corrected chi connectivity index (χ1v) is 8.29. The Hall–Kier alpha value is -3.80. The summed E-state index contributed by atoms with van der Waals surface area (Å²) in [5.74, 6) is -0.518. The van der Waals surface area contributed by atoms with Crippen LogP contribution in [0.5, 0.6) is 0 Å². The molecule has 0 aliphatic carbocycles. The third kappa shape index (κ3) is 3.08. The van der Waals surface area contributed by atoms with Crippen molar-refractivity contribution in [2.75, 3.05) is 0 Å². The highest BCUT2D eigenvalue weighted by Gasteiger charge is 2.26. The summed E-state index contributed by atoms with van der Waals surface area (Å²) in [6.07, 6.45) is 1.67. The predicted molar refractivity (Wildman–Crippen MR) is 102 cm³/mol. The minimum Gasteiger partial charge on any atom is -0.402 e. The van der Waals surface area contributed by atoms with E-state index in [0.717, 1.165) is 16.3 Å². The third-order valence-corrected chi connectivity index (χ3v) is 4.39. The molecule has 6 nitrogen and oxygen atoms in total. The van der Waals surface area contributed by atoms with Gasteiger partial charge in [0, 0.05) is 17.2 Å². The van der Waals surface area contributed by atoms with Crippen LogP contribution in [0, 0.1) is 17.0 Å². The van der Waals surface area contributed by atoms with Gasteiger partial charge in [-0.15, -0.1) is 0 Å². The molecular formula is C21H14N2O4. The Kier molecular flexibility index (Phi) is 4.01. The maximum absolute atomic E-state index is 12.2. The maximum atomic E-state index is 12.2. The number of aliphatic imine (C=N–C) groups is 1. The van der Waals surface area contributed by atoms with Crippen LogP contribution in [0.25, 0.3) is 16.8 Å². The third-order valence-electron chi connectivity index (χ3n) is 4.39. The molecule has 0 saturated carbocycles. The minimum atomic E-state index is -0.582. The highest BCUT2D eigenvalue weighted by Crippen LogP contribution is 2.26. The number of nitro groups is 1. The molecule has 0 radical (unpaired) electrons. The monoisotopic (exact) mass is 358 g/mol. The van der Waals surface area contributed by atoms with E-state index < -0.39 is 10.9 Å². The molecule has 0 aromatic heterocycles. The first-order valence-electron chi connectivity index (χ1n) is 8.29. The average molecular weight is 358 g/mol. The summed E-state index contributed by atoms with van der Waals surface area (Å²) in [6.45, 7) is 1.65. The summed E-state index contributed by atoms with van der Waals surface area (Å²) in [7, 11) is 0. The van der Waals surface area contributed by atoms with Gasteiger partial charge >= 0.3 is 5.97 Å². The molecule has 1 aliphatic heterocycles. The molecule has 3 aromatic rings. The number of hydrogen-bond acceptors (Lipinski definition) is 5. The quantitative estimate of drug-likeness (QED) is 0.301. The molecule has 1 heterocycles. The molecule has 0 bridgehead atoms. The van der Waals surface area contributed by atoms with Crippen molar-refractivity contribution < 1.29 is 14.5 Å². The highest BCUT2D eigenvalue weighted by atomic mass is 16.6. The first-order chi connectivity index (χ1) is 13.0. The lowest BCUT2D eigenvalue weighted by Gasteiger charge is -2.01. The van der Waals surface area contributed by atoms with Gasteiger partial charge in [-0.25, -0.2) is 9.79 Å². The number of hydrogen-bond donors (Lipinski definition) is 0. The normalized spacial score (nSPS) is 15.1. The number of fused-ring (bicyclic) bond motifs is 1. The van der Waals surface area contributed by atoms with Crippen LogP contribution in [0.2, 0.25) is 0 Å². The van der Waals surface area contributed by atoms with Crippen molar-refractivity contribution in [3.63, 3.8) is 0 Å². The fourth-order valence-corrected chi connectivity index (χ4v) is 3.00. The highest BCUT2D eigenvalue weighted by molar-refractivity contribution is 6.13. The Bertz CT molecular complexity index is 1160. The summed E-state index contributed by atoms with van der Waals surface area (Å²) in [6, 6.07) is 18.2. The van der Waals surface area contributed by atoms with Gasteiger partial charge in [0.15, 0.2) is 5.70 Å². The zero-order valence-electron chi connectivity index (χ0n) is 14.4. The second-order valence-electron chi connectivity index (χ2n) is 6.16. The smallest absolute Gasteiger partial charge is 0.363 e. The predicted octanol–water partition coefficient (Wildman–Crippen LogP) is 4.40. The Morgan fingerprint density at radius 3 is 2.67 bits per heavy atom. The van der Waals surface area contributed by atoms with Gasteiger partial charge in [0.1, 0.15) is 0 Å². The van der Waals surface area contributed by atoms with Crippen LogP contribution in [-0.2, 0) is 9.53 Å². The van der Waals surface area contributed by atoms with Gasteiger partial charge in [0.25, 0.3) is 5.69 Å². The van der Waals surface area contributed by atoms with E-state index in [0.29, 0.717) is 11.1 Å². The SMILES string of the molecule is Cc1ccc(C2=N/C(=C\c3cccc4ccccc34)C(=O)O2)cc1[N+](=O)[O-]. The molecular weight excluding hydrogens is 344 g/mol. The molecule has 0 fully saturated rings. The van der Waals surface area contributed by atoms with Crippen molar-refractivity contribution >= 4 is 34.4 Å². The number of carbonyl (C=O) groups excluding carboxylic acids is 1. The van der Waals surface area contributed by atoms with Gasteiger partial charge in [-0.2, -0.15) is 0 Å². The summed E-state index contributed by atoms with van der Waals surface area (Å²) >= 11 is 0. The average Bonchev–Trinajstić information content (AvgIpc) is 3.03. The van der Waals surface area contributed by atoms with Crippen LogP contribution in [-0.4, -0.2) is 16.8 Å². The lowest BCUT2D eigenvalue weighted by atomic mass is 10.0. The molecule has 4 rings (SSSR count). The summed E-state index contributed by atoms with van der Waals surface area (Å²) in [5, 5.41) is 13.2. The Morgan fingerprint density at radius 2 is 1.85 bits per heavy atom. The molecule has 0 unspecified atom stereocenters. The topological polar surface area (TPSA) is 81.8 Å². The van der Waals surface area contributed by atoms with Crippen molar-refractivity contribution in [2.45, 2.75) is 6.92 Å². The molecule has 27 heavy (non-hydrogen) atoms. The van der Waals surface area contributed by atoms with Crippen molar-refractivity contribution in [2.24, 2.45) is 4.99 Å². The Labute approximate surface area is 154 Å². The Morgan fingerprint density at radius 1 is 1.07 bits per heavy atom. The van der Waals surface area contributed by atoms with E-state index in [2.05, 4.69) is 4.99 Å². The van der Waals surface area contributed by atoms with Gasteiger partial charge in [-0.3, -0.25) is 10.1 Å². The zero-order valence-corrected chi connectivity index (χ0v) is 14.4. The summed E-state index contributed by atoms with van der Waals surface area (Å²) < 4.78 is 5.24. The number of cyclic esters (lactones) is 1. The molecule has 3 aromatic carbocycles. The molecule has 0 spiro atoms. The number of aryl methyl sites for hydroxylation is 1. The number of nitro benzene ring substituents is 1.